The summed E-state index contributed by atoms with van der Waals surface area (Å²) in [6.45, 7) is 6.63. The summed E-state index contributed by atoms with van der Waals surface area (Å²) in [5.74, 6) is 1.14. The first kappa shape index (κ1) is 13.1. The van der Waals surface area contributed by atoms with Crippen molar-refractivity contribution in [3.05, 3.63) is 24.3 Å². The SMILES string of the molecule is CCCN(C(C)=O)c1ccccc1SCC. The molecule has 88 valence electrons. The molecule has 0 unspecified atom stereocenters. The lowest BCUT2D eigenvalue weighted by atomic mass is 10.2. The summed E-state index contributed by atoms with van der Waals surface area (Å²) < 4.78 is 0. The van der Waals surface area contributed by atoms with Crippen molar-refractivity contribution in [2.24, 2.45) is 0 Å². The number of para-hydroxylation sites is 1. The van der Waals surface area contributed by atoms with Crippen LogP contribution in [-0.4, -0.2) is 18.2 Å². The largest absolute Gasteiger partial charge is 0.312 e. The third-order valence-electron chi connectivity index (χ3n) is 2.28. The van der Waals surface area contributed by atoms with Gasteiger partial charge in [0.15, 0.2) is 0 Å². The number of nitrogens with zero attached hydrogens (tertiary/aromatic N) is 1. The molecule has 0 aromatic heterocycles. The first-order valence-electron chi connectivity index (χ1n) is 5.70. The van der Waals surface area contributed by atoms with Gasteiger partial charge in [-0.3, -0.25) is 4.79 Å². The van der Waals surface area contributed by atoms with Crippen LogP contribution in [-0.2, 0) is 4.79 Å². The molecule has 1 aromatic rings. The molecule has 0 aliphatic carbocycles. The van der Waals surface area contributed by atoms with Gasteiger partial charge in [0.05, 0.1) is 5.69 Å². The quantitative estimate of drug-likeness (QED) is 0.730. The van der Waals surface area contributed by atoms with Gasteiger partial charge in [0.2, 0.25) is 5.91 Å². The van der Waals surface area contributed by atoms with E-state index >= 15 is 0 Å². The summed E-state index contributed by atoms with van der Waals surface area (Å²) in [5.41, 5.74) is 1.05. The maximum absolute atomic E-state index is 11.6. The van der Waals surface area contributed by atoms with Gasteiger partial charge in [-0.1, -0.05) is 26.0 Å². The van der Waals surface area contributed by atoms with Gasteiger partial charge in [-0.15, -0.1) is 11.8 Å². The predicted molar refractivity (Wildman–Crippen MR) is 71.2 cm³/mol. The lowest BCUT2D eigenvalue weighted by Crippen LogP contribution is -2.29. The smallest absolute Gasteiger partial charge is 0.223 e. The molecule has 1 rings (SSSR count). The van der Waals surface area contributed by atoms with Crippen LogP contribution in [0.4, 0.5) is 5.69 Å². The number of benzene rings is 1. The van der Waals surface area contributed by atoms with Crippen LogP contribution in [0, 0.1) is 0 Å². The number of carbonyl (C=O) groups is 1. The van der Waals surface area contributed by atoms with Crippen molar-refractivity contribution < 1.29 is 4.79 Å². The molecule has 0 fully saturated rings. The Balaban J connectivity index is 3.02. The van der Waals surface area contributed by atoms with E-state index in [2.05, 4.69) is 19.9 Å². The van der Waals surface area contributed by atoms with E-state index in [1.54, 1.807) is 18.7 Å². The van der Waals surface area contributed by atoms with Gasteiger partial charge in [-0.25, -0.2) is 0 Å². The highest BCUT2D eigenvalue weighted by Gasteiger charge is 2.13. The Labute approximate surface area is 102 Å². The van der Waals surface area contributed by atoms with E-state index in [0.29, 0.717) is 0 Å². The van der Waals surface area contributed by atoms with E-state index in [0.717, 1.165) is 24.4 Å². The fourth-order valence-corrected chi connectivity index (χ4v) is 2.44. The highest BCUT2D eigenvalue weighted by Crippen LogP contribution is 2.30. The van der Waals surface area contributed by atoms with Crippen molar-refractivity contribution in [1.29, 1.82) is 0 Å². The molecule has 0 N–H and O–H groups in total. The molecule has 0 saturated carbocycles. The van der Waals surface area contributed by atoms with Crippen LogP contribution in [0.2, 0.25) is 0 Å². The van der Waals surface area contributed by atoms with Crippen LogP contribution in [0.25, 0.3) is 0 Å². The second-order valence-corrected chi connectivity index (χ2v) is 4.88. The van der Waals surface area contributed by atoms with Crippen molar-refractivity contribution in [2.75, 3.05) is 17.2 Å². The second kappa shape index (κ2) is 6.59. The molecule has 0 saturated heterocycles. The van der Waals surface area contributed by atoms with E-state index < -0.39 is 0 Å². The number of carbonyl (C=O) groups excluding carboxylic acids is 1. The Hall–Kier alpha value is -0.960. The van der Waals surface area contributed by atoms with Gasteiger partial charge in [0, 0.05) is 18.4 Å². The molecule has 0 aliphatic rings. The molecule has 0 atom stereocenters. The molecule has 0 bridgehead atoms. The fraction of sp³-hybridized carbons (Fsp3) is 0.462. The molecule has 16 heavy (non-hydrogen) atoms. The third kappa shape index (κ3) is 3.27. The topological polar surface area (TPSA) is 20.3 Å². The Morgan fingerprint density at radius 1 is 1.31 bits per heavy atom. The fourth-order valence-electron chi connectivity index (χ4n) is 1.63. The first-order chi connectivity index (χ1) is 7.70. The standard InChI is InChI=1S/C13H19NOS/c1-4-10-14(11(3)15)12-8-6-7-9-13(12)16-5-2/h6-9H,4-5,10H2,1-3H3. The lowest BCUT2D eigenvalue weighted by molar-refractivity contribution is -0.116. The number of anilines is 1. The second-order valence-electron chi connectivity index (χ2n) is 3.57. The van der Waals surface area contributed by atoms with Crippen molar-refractivity contribution in [2.45, 2.75) is 32.1 Å². The van der Waals surface area contributed by atoms with Crippen LogP contribution < -0.4 is 4.90 Å². The van der Waals surface area contributed by atoms with Crippen LogP contribution in [0.1, 0.15) is 27.2 Å². The summed E-state index contributed by atoms with van der Waals surface area (Å²) >= 11 is 1.78. The normalized spacial score (nSPS) is 10.2. The number of hydrogen-bond donors (Lipinski definition) is 0. The number of hydrogen-bond acceptors (Lipinski definition) is 2. The zero-order valence-corrected chi connectivity index (χ0v) is 11.0. The third-order valence-corrected chi connectivity index (χ3v) is 3.23. The number of thioether (sulfide) groups is 1. The monoisotopic (exact) mass is 237 g/mol. The van der Waals surface area contributed by atoms with Crippen LogP contribution >= 0.6 is 11.8 Å². The summed E-state index contributed by atoms with van der Waals surface area (Å²) in [6.07, 6.45) is 0.977. The van der Waals surface area contributed by atoms with Gasteiger partial charge in [0.1, 0.15) is 0 Å². The van der Waals surface area contributed by atoms with Crippen LogP contribution in [0.5, 0.6) is 0 Å². The summed E-state index contributed by atoms with van der Waals surface area (Å²) in [6, 6.07) is 8.11. The highest BCUT2D eigenvalue weighted by atomic mass is 32.2. The van der Waals surface area contributed by atoms with E-state index in [1.807, 2.05) is 23.1 Å². The van der Waals surface area contributed by atoms with E-state index in [9.17, 15) is 4.79 Å². The molecule has 1 amide bonds. The summed E-state index contributed by atoms with van der Waals surface area (Å²) in [4.78, 5) is 14.7. The van der Waals surface area contributed by atoms with Crippen LogP contribution in [0.3, 0.4) is 0 Å². The summed E-state index contributed by atoms with van der Waals surface area (Å²) in [7, 11) is 0. The molecule has 1 aromatic carbocycles. The van der Waals surface area contributed by atoms with Crippen molar-refractivity contribution in [1.82, 2.24) is 0 Å². The van der Waals surface area contributed by atoms with E-state index in [4.69, 9.17) is 0 Å². The lowest BCUT2D eigenvalue weighted by Gasteiger charge is -2.23. The Kier molecular flexibility index (Phi) is 5.39. The minimum absolute atomic E-state index is 0.117. The Bertz CT molecular complexity index is 352. The molecular weight excluding hydrogens is 218 g/mol. The predicted octanol–water partition coefficient (Wildman–Crippen LogP) is 3.56. The van der Waals surface area contributed by atoms with Crippen LogP contribution in [0.15, 0.2) is 29.2 Å². The van der Waals surface area contributed by atoms with Gasteiger partial charge in [-0.2, -0.15) is 0 Å². The number of amides is 1. The zero-order valence-electron chi connectivity index (χ0n) is 10.2. The van der Waals surface area contributed by atoms with E-state index in [1.165, 1.54) is 4.90 Å². The first-order valence-corrected chi connectivity index (χ1v) is 6.69. The maximum Gasteiger partial charge on any atom is 0.223 e. The zero-order chi connectivity index (χ0) is 12.0. The summed E-state index contributed by atoms with van der Waals surface area (Å²) in [5, 5.41) is 0. The Morgan fingerprint density at radius 3 is 2.56 bits per heavy atom. The number of rotatable bonds is 5. The average Bonchev–Trinajstić information content (AvgIpc) is 2.27. The van der Waals surface area contributed by atoms with Gasteiger partial charge in [-0.05, 0) is 24.3 Å². The van der Waals surface area contributed by atoms with Crippen molar-refractivity contribution >= 4 is 23.4 Å². The van der Waals surface area contributed by atoms with Gasteiger partial charge in [0.25, 0.3) is 0 Å². The molecule has 3 heteroatoms. The maximum atomic E-state index is 11.6. The molecule has 0 radical (unpaired) electrons. The molecule has 0 heterocycles. The minimum Gasteiger partial charge on any atom is -0.312 e. The minimum atomic E-state index is 0.117. The van der Waals surface area contributed by atoms with Gasteiger partial charge < -0.3 is 4.90 Å². The van der Waals surface area contributed by atoms with Crippen molar-refractivity contribution in [3.8, 4) is 0 Å². The molecule has 0 aliphatic heterocycles. The molecular formula is C13H19NOS. The highest BCUT2D eigenvalue weighted by molar-refractivity contribution is 7.99. The molecule has 0 spiro atoms. The van der Waals surface area contributed by atoms with Gasteiger partial charge >= 0.3 is 0 Å². The van der Waals surface area contributed by atoms with Crippen molar-refractivity contribution in [3.63, 3.8) is 0 Å². The molecule has 2 nitrogen and oxygen atoms in total. The average molecular weight is 237 g/mol. The van der Waals surface area contributed by atoms with E-state index in [-0.39, 0.29) is 5.91 Å². The Morgan fingerprint density at radius 2 is 2.00 bits per heavy atom.